The highest BCUT2D eigenvalue weighted by Gasteiger charge is 2.28. The molecular weight excluding hydrogens is 456 g/mol. The summed E-state index contributed by atoms with van der Waals surface area (Å²) in [5.41, 5.74) is 7.59. The van der Waals surface area contributed by atoms with E-state index in [1.54, 1.807) is 30.3 Å². The number of carbonyl (C=O) groups excluding carboxylic acids is 3. The molecule has 3 amide bonds. The topological polar surface area (TPSA) is 151 Å². The normalized spacial score (nSPS) is 14.2. The number of hydrogen-bond acceptors (Lipinski definition) is 6. The fourth-order valence-corrected chi connectivity index (χ4v) is 3.42. The minimum absolute atomic E-state index is 0.0181. The number of thiol groups is 1. The molecule has 0 bridgehead atoms. The summed E-state index contributed by atoms with van der Waals surface area (Å²) in [4.78, 5) is 49.1. The highest BCUT2D eigenvalue weighted by atomic mass is 32.1. The molecule has 9 nitrogen and oxygen atoms in total. The quantitative estimate of drug-likeness (QED) is 0.237. The zero-order valence-electron chi connectivity index (χ0n) is 18.8. The number of amides is 3. The third-order valence-corrected chi connectivity index (χ3v) is 5.47. The van der Waals surface area contributed by atoms with Gasteiger partial charge in [-0.1, -0.05) is 60.7 Å². The second-order valence-electron chi connectivity index (χ2n) is 7.86. The van der Waals surface area contributed by atoms with Gasteiger partial charge < -0.3 is 26.8 Å². The van der Waals surface area contributed by atoms with E-state index >= 15 is 0 Å². The molecule has 0 aliphatic carbocycles. The van der Waals surface area contributed by atoms with Crippen LogP contribution in [0.5, 0.6) is 0 Å². The third-order valence-electron chi connectivity index (χ3n) is 5.10. The van der Waals surface area contributed by atoms with Gasteiger partial charge in [0.25, 0.3) is 0 Å². The number of nitrogens with one attached hydrogen (secondary N) is 3. The summed E-state index contributed by atoms with van der Waals surface area (Å²) in [5.74, 6) is -3.03. The number of hydrogen-bond donors (Lipinski definition) is 6. The highest BCUT2D eigenvalue weighted by molar-refractivity contribution is 7.80. The minimum Gasteiger partial charge on any atom is -0.480 e. The van der Waals surface area contributed by atoms with Crippen LogP contribution in [0.1, 0.15) is 18.1 Å². The van der Waals surface area contributed by atoms with E-state index in [9.17, 15) is 24.3 Å². The molecule has 2 aromatic carbocycles. The van der Waals surface area contributed by atoms with Gasteiger partial charge in [0.1, 0.15) is 18.1 Å². The first-order valence-corrected chi connectivity index (χ1v) is 11.4. The Morgan fingerprint density at radius 3 is 1.79 bits per heavy atom. The molecule has 4 atom stereocenters. The van der Waals surface area contributed by atoms with E-state index in [0.29, 0.717) is 6.42 Å². The van der Waals surface area contributed by atoms with Crippen LogP contribution in [0.2, 0.25) is 0 Å². The van der Waals surface area contributed by atoms with E-state index in [-0.39, 0.29) is 12.2 Å². The Morgan fingerprint density at radius 2 is 1.29 bits per heavy atom. The van der Waals surface area contributed by atoms with Gasteiger partial charge in [0.2, 0.25) is 17.7 Å². The van der Waals surface area contributed by atoms with Crippen molar-refractivity contribution in [2.45, 2.75) is 43.9 Å². The Balaban J connectivity index is 1.90. The fourth-order valence-electron chi connectivity index (χ4n) is 3.16. The van der Waals surface area contributed by atoms with E-state index in [2.05, 4.69) is 28.6 Å². The number of carbonyl (C=O) groups is 4. The standard InChI is InChI=1S/C24H30N4O5S/c1-15(21(29)27-19(24(32)33)13-17-10-6-3-7-11-17)26-23(31)20(14-34)28-22(30)18(25)12-16-8-4-2-5-9-16/h2-11,15,18-20,34H,12-14,25H2,1H3,(H,26,31)(H,27,29)(H,28,30)(H,32,33). The van der Waals surface area contributed by atoms with Crippen LogP contribution in [0.4, 0.5) is 0 Å². The third kappa shape index (κ3) is 8.53. The molecule has 0 aliphatic rings. The lowest BCUT2D eigenvalue weighted by molar-refractivity contribution is -0.142. The van der Waals surface area contributed by atoms with Crippen LogP contribution in [-0.4, -0.2) is 58.7 Å². The van der Waals surface area contributed by atoms with Crippen LogP contribution in [0.25, 0.3) is 0 Å². The number of benzene rings is 2. The SMILES string of the molecule is CC(NC(=O)C(CS)NC(=O)C(N)Cc1ccccc1)C(=O)NC(Cc1ccccc1)C(=O)O. The van der Waals surface area contributed by atoms with Crippen molar-refractivity contribution in [2.75, 3.05) is 5.75 Å². The zero-order chi connectivity index (χ0) is 25.1. The second-order valence-corrected chi connectivity index (χ2v) is 8.22. The van der Waals surface area contributed by atoms with E-state index in [0.717, 1.165) is 11.1 Å². The van der Waals surface area contributed by atoms with Crippen LogP contribution in [-0.2, 0) is 32.0 Å². The first-order chi connectivity index (χ1) is 16.2. The van der Waals surface area contributed by atoms with Crippen molar-refractivity contribution in [2.24, 2.45) is 5.73 Å². The van der Waals surface area contributed by atoms with Crippen molar-refractivity contribution in [1.82, 2.24) is 16.0 Å². The van der Waals surface area contributed by atoms with Crippen molar-refractivity contribution in [3.63, 3.8) is 0 Å². The summed E-state index contributed by atoms with van der Waals surface area (Å²) in [5, 5.41) is 16.9. The molecule has 10 heteroatoms. The molecule has 0 spiro atoms. The molecule has 34 heavy (non-hydrogen) atoms. The molecule has 0 fully saturated rings. The van der Waals surface area contributed by atoms with Gasteiger partial charge >= 0.3 is 5.97 Å². The molecule has 0 saturated heterocycles. The first-order valence-electron chi connectivity index (χ1n) is 10.8. The molecule has 0 radical (unpaired) electrons. The van der Waals surface area contributed by atoms with E-state index in [4.69, 9.17) is 5.73 Å². The minimum atomic E-state index is -1.19. The lowest BCUT2D eigenvalue weighted by Crippen LogP contribution is -2.57. The van der Waals surface area contributed by atoms with Crippen LogP contribution in [0.15, 0.2) is 60.7 Å². The summed E-state index contributed by atoms with van der Waals surface area (Å²) in [6.07, 6.45) is 0.390. The summed E-state index contributed by atoms with van der Waals surface area (Å²) < 4.78 is 0. The molecular formula is C24H30N4O5S. The number of aliphatic carboxylic acids is 1. The molecule has 0 aliphatic heterocycles. The van der Waals surface area contributed by atoms with Crippen LogP contribution in [0, 0.1) is 0 Å². The van der Waals surface area contributed by atoms with Crippen molar-refractivity contribution < 1.29 is 24.3 Å². The first kappa shape index (κ1) is 26.9. The van der Waals surface area contributed by atoms with Crippen molar-refractivity contribution in [3.05, 3.63) is 71.8 Å². The monoisotopic (exact) mass is 486 g/mol. The van der Waals surface area contributed by atoms with Gasteiger partial charge in [-0.25, -0.2) is 4.79 Å². The van der Waals surface area contributed by atoms with Crippen LogP contribution >= 0.6 is 12.6 Å². The van der Waals surface area contributed by atoms with Crippen molar-refractivity contribution >= 4 is 36.3 Å². The average Bonchev–Trinajstić information content (AvgIpc) is 2.82. The summed E-state index contributed by atoms with van der Waals surface area (Å²) in [6, 6.07) is 14.0. The van der Waals surface area contributed by atoms with Gasteiger partial charge in [-0.05, 0) is 24.5 Å². The summed E-state index contributed by atoms with van der Waals surface area (Å²) in [7, 11) is 0. The average molecular weight is 487 g/mol. The molecule has 6 N–H and O–H groups in total. The Labute approximate surface area is 203 Å². The van der Waals surface area contributed by atoms with Crippen LogP contribution < -0.4 is 21.7 Å². The Morgan fingerprint density at radius 1 is 0.794 bits per heavy atom. The number of rotatable bonds is 12. The van der Waals surface area contributed by atoms with Gasteiger partial charge in [-0.3, -0.25) is 14.4 Å². The second kappa shape index (κ2) is 13.4. The van der Waals surface area contributed by atoms with Gasteiger partial charge in [-0.15, -0.1) is 0 Å². The number of carboxylic acids is 1. The molecule has 0 aromatic heterocycles. The van der Waals surface area contributed by atoms with Gasteiger partial charge in [-0.2, -0.15) is 12.6 Å². The Kier molecular flexibility index (Phi) is 10.6. The Bertz CT molecular complexity index is 974. The maximum absolute atomic E-state index is 12.6. The number of nitrogens with two attached hydrogens (primary N) is 1. The molecule has 2 aromatic rings. The maximum atomic E-state index is 12.6. The van der Waals surface area contributed by atoms with Gasteiger partial charge in [0.15, 0.2) is 0 Å². The van der Waals surface area contributed by atoms with Gasteiger partial charge in [0, 0.05) is 12.2 Å². The highest BCUT2D eigenvalue weighted by Crippen LogP contribution is 2.05. The molecule has 2 rings (SSSR count). The predicted molar refractivity (Wildman–Crippen MR) is 131 cm³/mol. The fraction of sp³-hybridized carbons (Fsp3) is 0.333. The largest absolute Gasteiger partial charge is 0.480 e. The predicted octanol–water partition coefficient (Wildman–Crippen LogP) is 0.288. The molecule has 182 valence electrons. The van der Waals surface area contributed by atoms with Gasteiger partial charge in [0.05, 0.1) is 6.04 Å². The maximum Gasteiger partial charge on any atom is 0.326 e. The van der Waals surface area contributed by atoms with E-state index in [1.807, 2.05) is 30.3 Å². The van der Waals surface area contributed by atoms with Crippen LogP contribution in [0.3, 0.4) is 0 Å². The summed E-state index contributed by atoms with van der Waals surface area (Å²) in [6.45, 7) is 1.42. The Hall–Kier alpha value is -3.37. The zero-order valence-corrected chi connectivity index (χ0v) is 19.7. The molecule has 0 heterocycles. The van der Waals surface area contributed by atoms with Crippen molar-refractivity contribution in [3.8, 4) is 0 Å². The van der Waals surface area contributed by atoms with Crippen molar-refractivity contribution in [1.29, 1.82) is 0 Å². The molecule has 0 saturated carbocycles. The summed E-state index contributed by atoms with van der Waals surface area (Å²) >= 11 is 4.11. The van der Waals surface area contributed by atoms with E-state index < -0.39 is 47.9 Å². The lowest BCUT2D eigenvalue weighted by Gasteiger charge is -2.22. The van der Waals surface area contributed by atoms with E-state index in [1.165, 1.54) is 6.92 Å². The molecule has 4 unspecified atom stereocenters. The number of carboxylic acid groups (broad SMARTS) is 1. The lowest BCUT2D eigenvalue weighted by atomic mass is 10.1. The smallest absolute Gasteiger partial charge is 0.326 e.